The Morgan fingerprint density at radius 1 is 1.38 bits per heavy atom. The smallest absolute Gasteiger partial charge is 0.333 e. The molecule has 2 saturated heterocycles. The van der Waals surface area contributed by atoms with Crippen molar-refractivity contribution in [3.05, 3.63) is 11.6 Å². The topological polar surface area (TPSA) is 71.6 Å². The van der Waals surface area contributed by atoms with Gasteiger partial charge in [-0.2, -0.15) is 0 Å². The van der Waals surface area contributed by atoms with Crippen LogP contribution >= 0.6 is 0 Å². The van der Waals surface area contributed by atoms with Crippen LogP contribution in [-0.4, -0.2) is 49.7 Å². The molecule has 0 saturated carbocycles. The Labute approximate surface area is 94.0 Å². The largest absolute Gasteiger partial charge is 0.460 e. The van der Waals surface area contributed by atoms with Gasteiger partial charge in [-0.3, -0.25) is 0 Å². The Bertz CT molecular complexity index is 278. The Morgan fingerprint density at radius 3 is 2.62 bits per heavy atom. The van der Waals surface area contributed by atoms with Gasteiger partial charge in [0.2, 0.25) is 0 Å². The van der Waals surface area contributed by atoms with Crippen LogP contribution in [0.25, 0.3) is 0 Å². The molecule has 0 aromatic heterocycles. The molecule has 0 aromatic rings. The third kappa shape index (κ3) is 3.92. The highest BCUT2D eigenvalue weighted by molar-refractivity contribution is 5.88. The van der Waals surface area contributed by atoms with E-state index in [0.29, 0.717) is 18.6 Å². The van der Waals surface area contributed by atoms with Gasteiger partial charge in [0.05, 0.1) is 32.0 Å². The maximum atomic E-state index is 11.6. The summed E-state index contributed by atoms with van der Waals surface area (Å²) in [5.74, 6) is -0.356. The minimum absolute atomic E-state index is 0.0433. The molecule has 2 aliphatic heterocycles. The number of ether oxygens (including phenoxy) is 3. The fourth-order valence-corrected chi connectivity index (χ4v) is 1.39. The van der Waals surface area contributed by atoms with Crippen LogP contribution in [0.4, 0.5) is 0 Å². The van der Waals surface area contributed by atoms with Crippen LogP contribution in [0.5, 0.6) is 0 Å². The van der Waals surface area contributed by atoms with E-state index in [1.165, 1.54) is 0 Å². The molecule has 0 aliphatic carbocycles. The molecule has 2 unspecified atom stereocenters. The first-order valence-corrected chi connectivity index (χ1v) is 5.50. The molecule has 2 fully saturated rings. The first-order chi connectivity index (χ1) is 7.79. The van der Waals surface area contributed by atoms with Gasteiger partial charge in [-0.15, -0.1) is 0 Å². The van der Waals surface area contributed by atoms with Gasteiger partial charge < -0.3 is 19.3 Å². The SMILES string of the molecule is O=C(OCCO)C(=CCC1CO1)CC1CO1. The third-order valence-corrected chi connectivity index (χ3v) is 2.47. The van der Waals surface area contributed by atoms with Crippen LogP contribution in [0.3, 0.4) is 0 Å². The first-order valence-electron chi connectivity index (χ1n) is 5.50. The number of carbonyl (C=O) groups is 1. The highest BCUT2D eigenvalue weighted by Gasteiger charge is 2.28. The molecule has 0 aromatic carbocycles. The summed E-state index contributed by atoms with van der Waals surface area (Å²) in [5, 5.41) is 8.58. The fourth-order valence-electron chi connectivity index (χ4n) is 1.39. The molecular weight excluding hydrogens is 212 g/mol. The molecule has 0 amide bonds. The van der Waals surface area contributed by atoms with Crippen molar-refractivity contribution in [3.8, 4) is 0 Å². The van der Waals surface area contributed by atoms with Crippen LogP contribution in [0.2, 0.25) is 0 Å². The molecule has 0 bridgehead atoms. The lowest BCUT2D eigenvalue weighted by Gasteiger charge is -2.05. The van der Waals surface area contributed by atoms with E-state index in [4.69, 9.17) is 19.3 Å². The van der Waals surface area contributed by atoms with E-state index in [1.54, 1.807) is 0 Å². The fraction of sp³-hybridized carbons (Fsp3) is 0.727. The molecule has 1 N–H and O–H groups in total. The number of aliphatic hydroxyl groups is 1. The lowest BCUT2D eigenvalue weighted by atomic mass is 10.1. The van der Waals surface area contributed by atoms with Gasteiger partial charge in [0.1, 0.15) is 6.61 Å². The molecule has 2 atom stereocenters. The molecule has 0 spiro atoms. The van der Waals surface area contributed by atoms with E-state index in [9.17, 15) is 4.79 Å². The Hall–Kier alpha value is -0.910. The van der Waals surface area contributed by atoms with Gasteiger partial charge in [0, 0.05) is 12.0 Å². The van der Waals surface area contributed by atoms with E-state index >= 15 is 0 Å². The number of carbonyl (C=O) groups excluding carboxylic acids is 1. The van der Waals surface area contributed by atoms with Crippen molar-refractivity contribution in [2.45, 2.75) is 25.0 Å². The minimum Gasteiger partial charge on any atom is -0.460 e. The van der Waals surface area contributed by atoms with Gasteiger partial charge >= 0.3 is 5.97 Å². The minimum atomic E-state index is -0.356. The lowest BCUT2D eigenvalue weighted by Crippen LogP contribution is -2.12. The van der Waals surface area contributed by atoms with Crippen LogP contribution in [0.15, 0.2) is 11.6 Å². The summed E-state index contributed by atoms with van der Waals surface area (Å²) in [5.41, 5.74) is 0.631. The van der Waals surface area contributed by atoms with Gasteiger partial charge in [0.15, 0.2) is 0 Å². The van der Waals surface area contributed by atoms with Crippen molar-refractivity contribution < 1.29 is 24.1 Å². The summed E-state index contributed by atoms with van der Waals surface area (Å²) in [7, 11) is 0. The number of hydrogen-bond acceptors (Lipinski definition) is 5. The average molecular weight is 228 g/mol. The highest BCUT2D eigenvalue weighted by Crippen LogP contribution is 2.22. The number of rotatable bonds is 7. The maximum Gasteiger partial charge on any atom is 0.333 e. The quantitative estimate of drug-likeness (QED) is 0.378. The van der Waals surface area contributed by atoms with E-state index in [2.05, 4.69) is 0 Å². The maximum absolute atomic E-state index is 11.6. The second kappa shape index (κ2) is 5.43. The van der Waals surface area contributed by atoms with E-state index in [1.807, 2.05) is 6.08 Å². The Morgan fingerprint density at radius 2 is 2.06 bits per heavy atom. The predicted octanol–water partition coefficient (Wildman–Crippen LogP) is 0.0261. The molecular formula is C11H16O5. The van der Waals surface area contributed by atoms with E-state index < -0.39 is 0 Å². The van der Waals surface area contributed by atoms with Crippen molar-refractivity contribution in [1.29, 1.82) is 0 Å². The normalized spacial score (nSPS) is 27.7. The Kier molecular flexibility index (Phi) is 3.93. The van der Waals surface area contributed by atoms with E-state index in [-0.39, 0.29) is 31.4 Å². The number of aliphatic hydroxyl groups excluding tert-OH is 1. The second-order valence-electron chi connectivity index (χ2n) is 3.94. The zero-order valence-corrected chi connectivity index (χ0v) is 9.05. The summed E-state index contributed by atoms with van der Waals surface area (Å²) in [6.07, 6.45) is 3.63. The predicted molar refractivity (Wildman–Crippen MR) is 54.8 cm³/mol. The zero-order chi connectivity index (χ0) is 11.4. The monoisotopic (exact) mass is 228 g/mol. The standard InChI is InChI=1S/C11H16O5/c12-3-4-14-11(13)8(5-10-7-16-10)1-2-9-6-15-9/h1,9-10,12H,2-7H2. The highest BCUT2D eigenvalue weighted by atomic mass is 16.6. The molecule has 5 heteroatoms. The van der Waals surface area contributed by atoms with Crippen molar-refractivity contribution in [1.82, 2.24) is 0 Å². The van der Waals surface area contributed by atoms with Gasteiger partial charge in [-0.25, -0.2) is 4.79 Å². The summed E-state index contributed by atoms with van der Waals surface area (Å²) in [4.78, 5) is 11.6. The number of hydrogen-bond donors (Lipinski definition) is 1. The van der Waals surface area contributed by atoms with Crippen molar-refractivity contribution in [2.24, 2.45) is 0 Å². The van der Waals surface area contributed by atoms with Gasteiger partial charge in [-0.1, -0.05) is 6.08 Å². The Balaban J connectivity index is 1.83. The summed E-state index contributed by atoms with van der Waals surface area (Å²) in [6, 6.07) is 0. The van der Waals surface area contributed by atoms with E-state index in [0.717, 1.165) is 13.0 Å². The van der Waals surface area contributed by atoms with Crippen LogP contribution in [0, 0.1) is 0 Å². The molecule has 16 heavy (non-hydrogen) atoms. The lowest BCUT2D eigenvalue weighted by molar-refractivity contribution is -0.140. The van der Waals surface area contributed by atoms with Crippen LogP contribution in [0.1, 0.15) is 12.8 Å². The zero-order valence-electron chi connectivity index (χ0n) is 9.05. The second-order valence-corrected chi connectivity index (χ2v) is 3.94. The van der Waals surface area contributed by atoms with Crippen molar-refractivity contribution in [2.75, 3.05) is 26.4 Å². The summed E-state index contributed by atoms with van der Waals surface area (Å²) < 4.78 is 15.0. The molecule has 0 radical (unpaired) electrons. The molecule has 90 valence electrons. The molecule has 2 heterocycles. The molecule has 2 rings (SSSR count). The molecule has 2 aliphatic rings. The molecule has 5 nitrogen and oxygen atoms in total. The summed E-state index contributed by atoms with van der Waals surface area (Å²) >= 11 is 0. The van der Waals surface area contributed by atoms with Crippen molar-refractivity contribution in [3.63, 3.8) is 0 Å². The van der Waals surface area contributed by atoms with Gasteiger partial charge in [-0.05, 0) is 6.42 Å². The average Bonchev–Trinajstić information content (AvgIpc) is 3.14. The summed E-state index contributed by atoms with van der Waals surface area (Å²) in [6.45, 7) is 1.38. The van der Waals surface area contributed by atoms with Crippen molar-refractivity contribution >= 4 is 5.97 Å². The third-order valence-electron chi connectivity index (χ3n) is 2.47. The van der Waals surface area contributed by atoms with Crippen LogP contribution < -0.4 is 0 Å². The first kappa shape index (κ1) is 11.6. The number of esters is 1. The van der Waals surface area contributed by atoms with Gasteiger partial charge in [0.25, 0.3) is 0 Å². The van der Waals surface area contributed by atoms with Crippen LogP contribution in [-0.2, 0) is 19.0 Å². The number of epoxide rings is 2.